The standard InChI is InChI=1S/C3H7Cl2O3P/c1-7-9(6,8-2)3(4)5/h3H,1-2H3. The molecule has 0 unspecified atom stereocenters. The van der Waals surface area contributed by atoms with Crippen LogP contribution in [0.15, 0.2) is 0 Å². The molecule has 3 nitrogen and oxygen atoms in total. The molecule has 0 aliphatic carbocycles. The third-order valence-electron chi connectivity index (χ3n) is 0.748. The first-order valence-corrected chi connectivity index (χ1v) is 4.54. The van der Waals surface area contributed by atoms with Gasteiger partial charge in [-0.25, -0.2) is 0 Å². The van der Waals surface area contributed by atoms with Crippen LogP contribution in [0.2, 0.25) is 0 Å². The van der Waals surface area contributed by atoms with Crippen LogP contribution in [0.5, 0.6) is 0 Å². The number of halogens is 2. The Hall–Kier alpha value is 0.730. The Bertz CT molecular complexity index is 118. The molecule has 0 aliphatic rings. The molecule has 0 N–H and O–H groups in total. The van der Waals surface area contributed by atoms with Crippen LogP contribution >= 0.6 is 30.8 Å². The first kappa shape index (κ1) is 9.73. The lowest BCUT2D eigenvalue weighted by molar-refractivity contribution is 0.278. The maximum Gasteiger partial charge on any atom is 0.362 e. The second-order valence-corrected chi connectivity index (χ2v) is 5.21. The van der Waals surface area contributed by atoms with Gasteiger partial charge in [0.05, 0.1) is 0 Å². The minimum absolute atomic E-state index is 1.12. The van der Waals surface area contributed by atoms with E-state index in [1.807, 2.05) is 0 Å². The van der Waals surface area contributed by atoms with Crippen molar-refractivity contribution in [2.75, 3.05) is 14.2 Å². The van der Waals surface area contributed by atoms with Gasteiger partial charge in [-0.2, -0.15) is 0 Å². The first-order valence-electron chi connectivity index (χ1n) is 2.06. The van der Waals surface area contributed by atoms with Crippen LogP contribution in [-0.4, -0.2) is 18.8 Å². The topological polar surface area (TPSA) is 35.5 Å². The zero-order valence-corrected chi connectivity index (χ0v) is 7.41. The molecule has 0 atom stereocenters. The molecule has 0 amide bonds. The van der Waals surface area contributed by atoms with Gasteiger partial charge in [0.25, 0.3) is 0 Å². The fourth-order valence-corrected chi connectivity index (χ4v) is 1.66. The molecule has 0 aromatic carbocycles. The van der Waals surface area contributed by atoms with E-state index in [1.54, 1.807) is 0 Å². The third kappa shape index (κ3) is 2.44. The normalized spacial score (nSPS) is 12.6. The summed E-state index contributed by atoms with van der Waals surface area (Å²) in [5, 5.41) is 0. The van der Waals surface area contributed by atoms with Crippen LogP contribution in [0.3, 0.4) is 0 Å². The molecule has 0 radical (unpaired) electrons. The van der Waals surface area contributed by atoms with Crippen molar-refractivity contribution in [3.8, 4) is 0 Å². The van der Waals surface area contributed by atoms with Gasteiger partial charge in [0.2, 0.25) is 4.58 Å². The molecule has 0 bridgehead atoms. The highest BCUT2D eigenvalue weighted by Gasteiger charge is 2.29. The lowest BCUT2D eigenvalue weighted by Crippen LogP contribution is -1.95. The largest absolute Gasteiger partial charge is 0.362 e. The molecule has 0 spiro atoms. The zero-order chi connectivity index (χ0) is 7.49. The molecule has 56 valence electrons. The number of hydrogen-bond acceptors (Lipinski definition) is 3. The van der Waals surface area contributed by atoms with Crippen molar-refractivity contribution in [2.24, 2.45) is 0 Å². The van der Waals surface area contributed by atoms with Crippen LogP contribution in [-0.2, 0) is 13.6 Å². The van der Waals surface area contributed by atoms with Crippen LogP contribution in [0.4, 0.5) is 0 Å². The van der Waals surface area contributed by atoms with Crippen LogP contribution in [0, 0.1) is 0 Å². The summed E-state index contributed by atoms with van der Waals surface area (Å²) in [6.07, 6.45) is 0. The highest BCUT2D eigenvalue weighted by atomic mass is 35.5. The lowest BCUT2D eigenvalue weighted by atomic mass is 11.8. The summed E-state index contributed by atoms with van der Waals surface area (Å²) < 4.78 is 18.7. The Labute approximate surface area is 63.8 Å². The van der Waals surface area contributed by atoms with Gasteiger partial charge < -0.3 is 9.05 Å². The molecule has 0 fully saturated rings. The van der Waals surface area contributed by atoms with Gasteiger partial charge in [-0.15, -0.1) is 0 Å². The predicted molar refractivity (Wildman–Crippen MR) is 37.1 cm³/mol. The summed E-state index contributed by atoms with van der Waals surface area (Å²) in [7, 11) is -0.774. The second-order valence-electron chi connectivity index (χ2n) is 1.18. The van der Waals surface area contributed by atoms with E-state index in [0.717, 1.165) is 0 Å². The van der Waals surface area contributed by atoms with Gasteiger partial charge in [-0.05, 0) is 0 Å². The molecular formula is C3H7Cl2O3P. The zero-order valence-electron chi connectivity index (χ0n) is 5.01. The molecule has 0 saturated carbocycles. The van der Waals surface area contributed by atoms with Crippen molar-refractivity contribution in [2.45, 2.75) is 4.58 Å². The predicted octanol–water partition coefficient (Wildman–Crippen LogP) is 2.23. The van der Waals surface area contributed by atoms with Crippen molar-refractivity contribution in [1.29, 1.82) is 0 Å². The average Bonchev–Trinajstić information content (AvgIpc) is 1.86. The summed E-state index contributed by atoms with van der Waals surface area (Å²) in [6.45, 7) is 0. The molecule has 0 aromatic heterocycles. The summed E-state index contributed by atoms with van der Waals surface area (Å²) in [6, 6.07) is 0. The quantitative estimate of drug-likeness (QED) is 0.509. The van der Waals surface area contributed by atoms with Crippen molar-refractivity contribution in [1.82, 2.24) is 0 Å². The van der Waals surface area contributed by atoms with Crippen molar-refractivity contribution in [3.05, 3.63) is 0 Å². The Morgan fingerprint density at radius 3 is 1.67 bits per heavy atom. The molecule has 9 heavy (non-hydrogen) atoms. The summed E-state index contributed by atoms with van der Waals surface area (Å²) in [4.78, 5) is 0. The van der Waals surface area contributed by atoms with Gasteiger partial charge in [-0.1, -0.05) is 23.2 Å². The van der Waals surface area contributed by atoms with E-state index in [2.05, 4.69) is 9.05 Å². The average molecular weight is 193 g/mol. The second kappa shape index (κ2) is 3.79. The molecule has 0 rings (SSSR count). The van der Waals surface area contributed by atoms with E-state index in [9.17, 15) is 4.57 Å². The molecule has 0 heterocycles. The van der Waals surface area contributed by atoms with Crippen molar-refractivity contribution >= 4 is 30.8 Å². The monoisotopic (exact) mass is 192 g/mol. The van der Waals surface area contributed by atoms with Crippen LogP contribution in [0.25, 0.3) is 0 Å². The first-order chi connectivity index (χ1) is 4.06. The Kier molecular flexibility index (Phi) is 4.10. The maximum atomic E-state index is 10.9. The SMILES string of the molecule is COP(=O)(OC)C(Cl)Cl. The third-order valence-corrected chi connectivity index (χ3v) is 3.68. The Morgan fingerprint density at radius 1 is 1.33 bits per heavy atom. The summed E-state index contributed by atoms with van der Waals surface area (Å²) in [5.41, 5.74) is 0. The summed E-state index contributed by atoms with van der Waals surface area (Å²) >= 11 is 10.5. The highest BCUT2D eigenvalue weighted by molar-refractivity contribution is 7.58. The maximum absolute atomic E-state index is 10.9. The summed E-state index contributed by atoms with van der Waals surface area (Å²) in [5.74, 6) is 0. The number of hydrogen-bond donors (Lipinski definition) is 0. The van der Waals surface area contributed by atoms with E-state index in [1.165, 1.54) is 14.2 Å². The Balaban J connectivity index is 4.11. The fraction of sp³-hybridized carbons (Fsp3) is 1.00. The van der Waals surface area contributed by atoms with E-state index in [4.69, 9.17) is 23.2 Å². The molecular weight excluding hydrogens is 186 g/mol. The molecule has 0 saturated heterocycles. The van der Waals surface area contributed by atoms with Crippen LogP contribution in [0.1, 0.15) is 0 Å². The van der Waals surface area contributed by atoms with E-state index < -0.39 is 12.2 Å². The van der Waals surface area contributed by atoms with Gasteiger partial charge in [0.15, 0.2) is 0 Å². The van der Waals surface area contributed by atoms with Gasteiger partial charge >= 0.3 is 7.60 Å². The van der Waals surface area contributed by atoms with Crippen molar-refractivity contribution in [3.63, 3.8) is 0 Å². The van der Waals surface area contributed by atoms with Gasteiger partial charge in [-0.3, -0.25) is 4.57 Å². The number of alkyl halides is 2. The van der Waals surface area contributed by atoms with Crippen molar-refractivity contribution < 1.29 is 13.6 Å². The minimum atomic E-state index is -3.22. The number of rotatable bonds is 3. The van der Waals surface area contributed by atoms with E-state index in [0.29, 0.717) is 0 Å². The fourth-order valence-electron chi connectivity index (χ4n) is 0.234. The van der Waals surface area contributed by atoms with Gasteiger partial charge in [0.1, 0.15) is 0 Å². The van der Waals surface area contributed by atoms with Gasteiger partial charge in [0, 0.05) is 14.2 Å². The Morgan fingerprint density at radius 2 is 1.67 bits per heavy atom. The van der Waals surface area contributed by atoms with E-state index >= 15 is 0 Å². The molecule has 6 heteroatoms. The highest BCUT2D eigenvalue weighted by Crippen LogP contribution is 2.54. The molecule has 0 aliphatic heterocycles. The lowest BCUT2D eigenvalue weighted by Gasteiger charge is -2.12. The molecule has 0 aromatic rings. The minimum Gasteiger partial charge on any atom is -0.310 e. The van der Waals surface area contributed by atoms with Crippen LogP contribution < -0.4 is 0 Å². The van der Waals surface area contributed by atoms with E-state index in [-0.39, 0.29) is 0 Å². The smallest absolute Gasteiger partial charge is 0.310 e.